The monoisotopic (exact) mass is 286 g/mol. The zero-order chi connectivity index (χ0) is 15.4. The highest BCUT2D eigenvalue weighted by molar-refractivity contribution is 6.12. The van der Waals surface area contributed by atoms with Crippen molar-refractivity contribution < 1.29 is 19.0 Å². The summed E-state index contributed by atoms with van der Waals surface area (Å²) in [5.41, 5.74) is 1.94. The lowest BCUT2D eigenvalue weighted by Gasteiger charge is -2.13. The van der Waals surface area contributed by atoms with Gasteiger partial charge in [-0.1, -0.05) is 17.7 Å². The van der Waals surface area contributed by atoms with Crippen LogP contribution in [0.2, 0.25) is 0 Å². The molecule has 0 amide bonds. The number of para-hydroxylation sites is 1. The Hall–Kier alpha value is -2.49. The average molecular weight is 286 g/mol. The van der Waals surface area contributed by atoms with E-state index >= 15 is 0 Å². The van der Waals surface area contributed by atoms with Gasteiger partial charge in [0.25, 0.3) is 0 Å². The van der Waals surface area contributed by atoms with Crippen molar-refractivity contribution in [3.8, 4) is 17.2 Å². The molecule has 2 aromatic rings. The van der Waals surface area contributed by atoms with Crippen molar-refractivity contribution in [3.63, 3.8) is 0 Å². The standard InChI is InChI=1S/C17H18O4/c1-11-8-9-14(19-2)13(10-11)16(18)12-6-5-7-15(20-3)17(12)21-4/h5-10H,1-4H3. The van der Waals surface area contributed by atoms with E-state index in [0.717, 1.165) is 5.56 Å². The molecule has 4 nitrogen and oxygen atoms in total. The van der Waals surface area contributed by atoms with Gasteiger partial charge in [0.2, 0.25) is 5.78 Å². The van der Waals surface area contributed by atoms with Crippen molar-refractivity contribution in [1.82, 2.24) is 0 Å². The summed E-state index contributed by atoms with van der Waals surface area (Å²) in [4.78, 5) is 12.8. The molecule has 2 rings (SSSR count). The Morgan fingerprint density at radius 3 is 2.19 bits per heavy atom. The molecule has 0 spiro atoms. The topological polar surface area (TPSA) is 44.8 Å². The summed E-state index contributed by atoms with van der Waals surface area (Å²) in [5.74, 6) is 1.32. The number of rotatable bonds is 5. The summed E-state index contributed by atoms with van der Waals surface area (Å²) >= 11 is 0. The first kappa shape index (κ1) is 14.9. The molecule has 0 fully saturated rings. The molecule has 0 aromatic heterocycles. The Labute approximate surface area is 124 Å². The van der Waals surface area contributed by atoms with E-state index in [4.69, 9.17) is 14.2 Å². The zero-order valence-corrected chi connectivity index (χ0v) is 12.6. The Morgan fingerprint density at radius 2 is 1.57 bits per heavy atom. The van der Waals surface area contributed by atoms with Gasteiger partial charge in [-0.3, -0.25) is 4.79 Å². The molecule has 0 saturated carbocycles. The summed E-state index contributed by atoms with van der Waals surface area (Å²) < 4.78 is 15.8. The molecule has 0 saturated heterocycles. The number of benzene rings is 2. The normalized spacial score (nSPS) is 10.1. The van der Waals surface area contributed by atoms with Gasteiger partial charge in [-0.25, -0.2) is 0 Å². The van der Waals surface area contributed by atoms with E-state index < -0.39 is 0 Å². The summed E-state index contributed by atoms with van der Waals surface area (Å²) in [6.07, 6.45) is 0. The van der Waals surface area contributed by atoms with E-state index in [1.807, 2.05) is 13.0 Å². The SMILES string of the molecule is COc1ccc(C)cc1C(=O)c1cccc(OC)c1OC. The lowest BCUT2D eigenvalue weighted by Crippen LogP contribution is -2.07. The van der Waals surface area contributed by atoms with Crippen LogP contribution in [0.5, 0.6) is 17.2 Å². The van der Waals surface area contributed by atoms with Crippen LogP contribution in [-0.2, 0) is 0 Å². The number of hydrogen-bond donors (Lipinski definition) is 0. The van der Waals surface area contributed by atoms with Gasteiger partial charge in [0, 0.05) is 0 Å². The average Bonchev–Trinajstić information content (AvgIpc) is 2.53. The van der Waals surface area contributed by atoms with Crippen molar-refractivity contribution in [2.45, 2.75) is 6.92 Å². The van der Waals surface area contributed by atoms with Crippen LogP contribution in [0.4, 0.5) is 0 Å². The van der Waals surface area contributed by atoms with E-state index in [0.29, 0.717) is 28.4 Å². The van der Waals surface area contributed by atoms with Crippen molar-refractivity contribution in [2.24, 2.45) is 0 Å². The maximum Gasteiger partial charge on any atom is 0.200 e. The number of methoxy groups -OCH3 is 3. The molecule has 0 heterocycles. The second kappa shape index (κ2) is 6.31. The van der Waals surface area contributed by atoms with Crippen LogP contribution < -0.4 is 14.2 Å². The van der Waals surface area contributed by atoms with Crippen LogP contribution in [-0.4, -0.2) is 27.1 Å². The van der Waals surface area contributed by atoms with Gasteiger partial charge in [-0.05, 0) is 31.2 Å². The summed E-state index contributed by atoms with van der Waals surface area (Å²) in [6, 6.07) is 10.7. The Kier molecular flexibility index (Phi) is 4.48. The Bertz CT molecular complexity index is 662. The van der Waals surface area contributed by atoms with E-state index in [1.54, 1.807) is 44.6 Å². The molecule has 110 valence electrons. The zero-order valence-electron chi connectivity index (χ0n) is 12.6. The van der Waals surface area contributed by atoms with E-state index in [2.05, 4.69) is 0 Å². The molecule has 21 heavy (non-hydrogen) atoms. The van der Waals surface area contributed by atoms with E-state index in [9.17, 15) is 4.79 Å². The van der Waals surface area contributed by atoms with Crippen LogP contribution in [0.3, 0.4) is 0 Å². The molecule has 0 unspecified atom stereocenters. The fourth-order valence-corrected chi connectivity index (χ4v) is 2.21. The predicted octanol–water partition coefficient (Wildman–Crippen LogP) is 3.25. The van der Waals surface area contributed by atoms with Crippen molar-refractivity contribution >= 4 is 5.78 Å². The van der Waals surface area contributed by atoms with Crippen LogP contribution in [0.15, 0.2) is 36.4 Å². The van der Waals surface area contributed by atoms with Gasteiger partial charge in [0.15, 0.2) is 11.5 Å². The number of carbonyl (C=O) groups excluding carboxylic acids is 1. The number of carbonyl (C=O) groups is 1. The minimum absolute atomic E-state index is 0.161. The maximum atomic E-state index is 12.8. The second-order valence-corrected chi connectivity index (χ2v) is 4.57. The van der Waals surface area contributed by atoms with E-state index in [1.165, 1.54) is 7.11 Å². The first-order valence-corrected chi connectivity index (χ1v) is 6.52. The molecule has 0 aliphatic carbocycles. The highest BCUT2D eigenvalue weighted by atomic mass is 16.5. The van der Waals surface area contributed by atoms with Crippen LogP contribution in [0.25, 0.3) is 0 Å². The number of ether oxygens (including phenoxy) is 3. The van der Waals surface area contributed by atoms with Crippen molar-refractivity contribution in [1.29, 1.82) is 0 Å². The lowest BCUT2D eigenvalue weighted by molar-refractivity contribution is 0.103. The van der Waals surface area contributed by atoms with Gasteiger partial charge >= 0.3 is 0 Å². The summed E-state index contributed by atoms with van der Waals surface area (Å²) in [5, 5.41) is 0. The number of hydrogen-bond acceptors (Lipinski definition) is 4. The lowest BCUT2D eigenvalue weighted by atomic mass is 9.99. The molecule has 0 bridgehead atoms. The molecule has 2 aromatic carbocycles. The fourth-order valence-electron chi connectivity index (χ4n) is 2.21. The Morgan fingerprint density at radius 1 is 0.857 bits per heavy atom. The molecule has 0 aliphatic rings. The third-order valence-electron chi connectivity index (χ3n) is 3.25. The highest BCUT2D eigenvalue weighted by Gasteiger charge is 2.20. The third kappa shape index (κ3) is 2.84. The predicted molar refractivity (Wildman–Crippen MR) is 80.7 cm³/mol. The molecule has 4 heteroatoms. The quantitative estimate of drug-likeness (QED) is 0.791. The van der Waals surface area contributed by atoms with Crippen LogP contribution in [0.1, 0.15) is 21.5 Å². The molecular formula is C17H18O4. The van der Waals surface area contributed by atoms with Gasteiger partial charge in [-0.15, -0.1) is 0 Å². The van der Waals surface area contributed by atoms with Crippen LogP contribution >= 0.6 is 0 Å². The fraction of sp³-hybridized carbons (Fsp3) is 0.235. The smallest absolute Gasteiger partial charge is 0.200 e. The van der Waals surface area contributed by atoms with Gasteiger partial charge < -0.3 is 14.2 Å². The first-order valence-electron chi connectivity index (χ1n) is 6.52. The van der Waals surface area contributed by atoms with Crippen molar-refractivity contribution in [3.05, 3.63) is 53.1 Å². The second-order valence-electron chi connectivity index (χ2n) is 4.57. The van der Waals surface area contributed by atoms with Gasteiger partial charge in [-0.2, -0.15) is 0 Å². The summed E-state index contributed by atoms with van der Waals surface area (Å²) in [6.45, 7) is 1.93. The third-order valence-corrected chi connectivity index (χ3v) is 3.25. The number of ketones is 1. The van der Waals surface area contributed by atoms with Crippen LogP contribution in [0, 0.1) is 6.92 Å². The molecule has 0 aliphatic heterocycles. The largest absolute Gasteiger partial charge is 0.496 e. The molecule has 0 N–H and O–H groups in total. The van der Waals surface area contributed by atoms with Gasteiger partial charge in [0.1, 0.15) is 5.75 Å². The van der Waals surface area contributed by atoms with Gasteiger partial charge in [0.05, 0.1) is 32.5 Å². The minimum atomic E-state index is -0.161. The Balaban J connectivity index is 2.57. The molecule has 0 atom stereocenters. The first-order chi connectivity index (χ1) is 10.1. The maximum absolute atomic E-state index is 12.8. The van der Waals surface area contributed by atoms with Crippen molar-refractivity contribution in [2.75, 3.05) is 21.3 Å². The molecule has 0 radical (unpaired) electrons. The minimum Gasteiger partial charge on any atom is -0.496 e. The molecular weight excluding hydrogens is 268 g/mol. The number of aryl methyl sites for hydroxylation is 1. The highest BCUT2D eigenvalue weighted by Crippen LogP contribution is 2.34. The van der Waals surface area contributed by atoms with E-state index in [-0.39, 0.29) is 5.78 Å². The summed E-state index contributed by atoms with van der Waals surface area (Å²) in [7, 11) is 4.60.